The van der Waals surface area contributed by atoms with Crippen molar-refractivity contribution >= 4 is 41.0 Å². The Kier molecular flexibility index (Phi) is 7.69. The van der Waals surface area contributed by atoms with Crippen LogP contribution < -0.4 is 4.90 Å². The van der Waals surface area contributed by atoms with Crippen molar-refractivity contribution in [2.75, 3.05) is 50.9 Å². The van der Waals surface area contributed by atoms with Crippen LogP contribution in [0.2, 0.25) is 5.02 Å². The summed E-state index contributed by atoms with van der Waals surface area (Å²) in [7, 11) is 0. The fourth-order valence-electron chi connectivity index (χ4n) is 4.63. The molecule has 2 saturated heterocycles. The number of imidazole rings is 1. The van der Waals surface area contributed by atoms with Crippen LogP contribution in [0.25, 0.3) is 22.6 Å². The van der Waals surface area contributed by atoms with Crippen molar-refractivity contribution in [1.29, 1.82) is 0 Å². The lowest BCUT2D eigenvalue weighted by molar-refractivity contribution is 0.0981. The van der Waals surface area contributed by atoms with Crippen molar-refractivity contribution in [3.05, 3.63) is 35.1 Å². The number of piperazine rings is 1. The van der Waals surface area contributed by atoms with Gasteiger partial charge < -0.3 is 14.2 Å². The van der Waals surface area contributed by atoms with Crippen LogP contribution in [0.15, 0.2) is 24.3 Å². The second-order valence-corrected chi connectivity index (χ2v) is 8.85. The molecule has 0 saturated carbocycles. The van der Waals surface area contributed by atoms with Crippen LogP contribution in [0.1, 0.15) is 18.7 Å². The summed E-state index contributed by atoms with van der Waals surface area (Å²) >= 11 is 6.57. The molecule has 33 heavy (non-hydrogen) atoms. The van der Waals surface area contributed by atoms with Gasteiger partial charge in [0, 0.05) is 44.9 Å². The Morgan fingerprint density at radius 2 is 1.91 bits per heavy atom. The highest BCUT2D eigenvalue weighted by atomic mass is 35.5. The molecule has 0 aliphatic carbocycles. The van der Waals surface area contributed by atoms with Crippen molar-refractivity contribution < 1.29 is 9.13 Å². The SMILES string of the molecule is Cc1nc(N2CCN(CCF)CC2)c2nc(-c3ccccc3Cl)n(C[C@H]3CCCO3)c2n1.Cl. The van der Waals surface area contributed by atoms with E-state index in [2.05, 4.69) is 14.4 Å². The number of aryl methyl sites for hydroxylation is 1. The summed E-state index contributed by atoms with van der Waals surface area (Å²) in [5.74, 6) is 2.34. The molecule has 7 nitrogen and oxygen atoms in total. The molecular formula is C23H29Cl2FN6O. The zero-order valence-corrected chi connectivity index (χ0v) is 20.3. The van der Waals surface area contributed by atoms with Crippen LogP contribution in [-0.2, 0) is 11.3 Å². The van der Waals surface area contributed by atoms with Crippen LogP contribution >= 0.6 is 24.0 Å². The molecule has 2 aromatic heterocycles. The number of halogens is 3. The van der Waals surface area contributed by atoms with Crippen molar-refractivity contribution in [3.8, 4) is 11.4 Å². The van der Waals surface area contributed by atoms with Gasteiger partial charge in [0.05, 0.1) is 17.7 Å². The molecule has 5 rings (SSSR count). The van der Waals surface area contributed by atoms with Gasteiger partial charge >= 0.3 is 0 Å². The van der Waals surface area contributed by atoms with Crippen LogP contribution in [0.4, 0.5) is 10.2 Å². The van der Waals surface area contributed by atoms with Gasteiger partial charge in [-0.3, -0.25) is 4.90 Å². The lowest BCUT2D eigenvalue weighted by Gasteiger charge is -2.34. The van der Waals surface area contributed by atoms with Crippen molar-refractivity contribution in [2.45, 2.75) is 32.4 Å². The van der Waals surface area contributed by atoms with E-state index in [1.54, 1.807) is 0 Å². The minimum Gasteiger partial charge on any atom is -0.376 e. The predicted molar refractivity (Wildman–Crippen MR) is 131 cm³/mol. The van der Waals surface area contributed by atoms with E-state index in [9.17, 15) is 4.39 Å². The monoisotopic (exact) mass is 494 g/mol. The summed E-state index contributed by atoms with van der Waals surface area (Å²) in [5, 5.41) is 0.655. The molecule has 2 aliphatic rings. The summed E-state index contributed by atoms with van der Waals surface area (Å²) in [6.07, 6.45) is 2.23. The molecule has 0 spiro atoms. The minimum absolute atomic E-state index is 0. The van der Waals surface area contributed by atoms with E-state index in [1.807, 2.05) is 31.2 Å². The lowest BCUT2D eigenvalue weighted by Crippen LogP contribution is -2.47. The third-order valence-corrected chi connectivity index (χ3v) is 6.62. The maximum Gasteiger partial charge on any atom is 0.166 e. The minimum atomic E-state index is -0.314. The Balaban J connectivity index is 0.00000259. The fraction of sp³-hybridized carbons (Fsp3) is 0.522. The standard InChI is InChI=1S/C23H28ClFN6O.ClH/c1-16-26-22(30-12-10-29(9-8-25)11-13-30)20-23(27-16)31(15-17-5-4-14-32-17)21(28-20)18-6-2-3-7-19(18)24;/h2-3,6-7,17H,4-5,8-15H2,1H3;1H/t17-;/m1./s1. The number of anilines is 1. The van der Waals surface area contributed by atoms with Crippen molar-refractivity contribution in [3.63, 3.8) is 0 Å². The van der Waals surface area contributed by atoms with Gasteiger partial charge in [0.1, 0.15) is 18.3 Å². The third-order valence-electron chi connectivity index (χ3n) is 6.29. The van der Waals surface area contributed by atoms with Crippen molar-refractivity contribution in [1.82, 2.24) is 24.4 Å². The summed E-state index contributed by atoms with van der Waals surface area (Å²) in [6.45, 7) is 6.74. The molecule has 0 unspecified atom stereocenters. The number of benzene rings is 1. The number of ether oxygens (including phenoxy) is 1. The normalized spacial score (nSPS) is 19.2. The zero-order valence-electron chi connectivity index (χ0n) is 18.7. The van der Waals surface area contributed by atoms with Gasteiger partial charge in [0.25, 0.3) is 0 Å². The van der Waals surface area contributed by atoms with E-state index < -0.39 is 0 Å². The summed E-state index contributed by atoms with van der Waals surface area (Å²) in [6, 6.07) is 7.77. The van der Waals surface area contributed by atoms with Crippen LogP contribution in [0.5, 0.6) is 0 Å². The van der Waals surface area contributed by atoms with Gasteiger partial charge in [-0.1, -0.05) is 23.7 Å². The van der Waals surface area contributed by atoms with Gasteiger partial charge in [0.15, 0.2) is 17.0 Å². The maximum atomic E-state index is 12.8. The Hall–Kier alpha value is -2.00. The van der Waals surface area contributed by atoms with E-state index in [0.717, 1.165) is 74.0 Å². The van der Waals surface area contributed by atoms with Gasteiger partial charge in [-0.15, -0.1) is 12.4 Å². The average molecular weight is 495 g/mol. The maximum absolute atomic E-state index is 12.8. The quantitative estimate of drug-likeness (QED) is 0.512. The molecule has 0 N–H and O–H groups in total. The number of alkyl halides is 1. The molecule has 178 valence electrons. The smallest absolute Gasteiger partial charge is 0.166 e. The molecule has 4 heterocycles. The number of hydrogen-bond acceptors (Lipinski definition) is 6. The second kappa shape index (κ2) is 10.5. The molecule has 1 aromatic carbocycles. The van der Waals surface area contributed by atoms with Gasteiger partial charge in [-0.25, -0.2) is 19.3 Å². The Bertz CT molecular complexity index is 1100. The summed E-state index contributed by atoms with van der Waals surface area (Å²) in [5.41, 5.74) is 2.47. The number of nitrogens with zero attached hydrogens (tertiary/aromatic N) is 6. The number of aromatic nitrogens is 4. The summed E-state index contributed by atoms with van der Waals surface area (Å²) in [4.78, 5) is 19.0. The van der Waals surface area contributed by atoms with Gasteiger partial charge in [0.2, 0.25) is 0 Å². The first-order valence-electron chi connectivity index (χ1n) is 11.3. The van der Waals surface area contributed by atoms with E-state index in [4.69, 9.17) is 31.3 Å². The molecular weight excluding hydrogens is 466 g/mol. The first-order chi connectivity index (χ1) is 15.6. The first-order valence-corrected chi connectivity index (χ1v) is 11.7. The van der Waals surface area contributed by atoms with Crippen LogP contribution in [0, 0.1) is 6.92 Å². The lowest BCUT2D eigenvalue weighted by atomic mass is 10.2. The molecule has 2 fully saturated rings. The van der Waals surface area contributed by atoms with Gasteiger partial charge in [-0.2, -0.15) is 0 Å². The topological polar surface area (TPSA) is 59.3 Å². The average Bonchev–Trinajstić information content (AvgIpc) is 3.43. The van der Waals surface area contributed by atoms with Crippen molar-refractivity contribution in [2.24, 2.45) is 0 Å². The predicted octanol–water partition coefficient (Wildman–Crippen LogP) is 4.15. The number of hydrogen-bond donors (Lipinski definition) is 0. The Morgan fingerprint density at radius 1 is 1.12 bits per heavy atom. The second-order valence-electron chi connectivity index (χ2n) is 8.45. The number of fused-ring (bicyclic) bond motifs is 1. The van der Waals surface area contributed by atoms with E-state index in [0.29, 0.717) is 23.9 Å². The number of rotatable bonds is 6. The highest BCUT2D eigenvalue weighted by Crippen LogP contribution is 2.34. The molecule has 0 amide bonds. The van der Waals surface area contributed by atoms with E-state index in [1.165, 1.54) is 0 Å². The molecule has 1 atom stereocenters. The molecule has 2 aliphatic heterocycles. The Morgan fingerprint density at radius 3 is 2.61 bits per heavy atom. The molecule has 0 bridgehead atoms. The fourth-order valence-corrected chi connectivity index (χ4v) is 4.85. The Labute approximate surface area is 204 Å². The molecule has 10 heteroatoms. The highest BCUT2D eigenvalue weighted by molar-refractivity contribution is 6.33. The molecule has 3 aromatic rings. The zero-order chi connectivity index (χ0) is 22.1. The highest BCUT2D eigenvalue weighted by Gasteiger charge is 2.27. The van der Waals surface area contributed by atoms with Crippen LogP contribution in [-0.4, -0.2) is 76.5 Å². The third kappa shape index (κ3) is 4.94. The van der Waals surface area contributed by atoms with Crippen LogP contribution in [0.3, 0.4) is 0 Å². The molecule has 0 radical (unpaired) electrons. The largest absolute Gasteiger partial charge is 0.376 e. The van der Waals surface area contributed by atoms with E-state index in [-0.39, 0.29) is 25.2 Å². The van der Waals surface area contributed by atoms with Gasteiger partial charge in [-0.05, 0) is 31.9 Å². The summed E-state index contributed by atoms with van der Waals surface area (Å²) < 4.78 is 20.8. The first kappa shape index (κ1) is 24.1. The van der Waals surface area contributed by atoms with E-state index >= 15 is 0 Å².